The highest BCUT2D eigenvalue weighted by atomic mass is 79.9. The van der Waals surface area contributed by atoms with E-state index in [-0.39, 0.29) is 18.1 Å². The van der Waals surface area contributed by atoms with Crippen LogP contribution in [0.15, 0.2) is 52.6 Å². The number of halogens is 2. The third-order valence-corrected chi connectivity index (χ3v) is 4.48. The van der Waals surface area contributed by atoms with Crippen LogP contribution >= 0.6 is 15.9 Å². The van der Waals surface area contributed by atoms with Gasteiger partial charge in [0.15, 0.2) is 0 Å². The number of imide groups is 1. The van der Waals surface area contributed by atoms with Gasteiger partial charge in [0.1, 0.15) is 30.4 Å². The van der Waals surface area contributed by atoms with Gasteiger partial charge in [-0.3, -0.25) is 9.59 Å². The van der Waals surface area contributed by atoms with E-state index in [4.69, 9.17) is 9.84 Å². The number of nitrogens with zero attached hydrogens (tertiary/aromatic N) is 1. The van der Waals surface area contributed by atoms with E-state index in [0.717, 1.165) is 0 Å². The number of carbonyl (C=O) groups excluding carboxylic acids is 2. The van der Waals surface area contributed by atoms with Crippen molar-refractivity contribution in [2.75, 3.05) is 6.54 Å². The number of aliphatic carboxylic acids is 1. The van der Waals surface area contributed by atoms with E-state index in [1.165, 1.54) is 12.1 Å². The molecule has 2 aromatic carbocycles. The molecule has 2 aromatic rings. The fraction of sp³-hybridized carbons (Fsp3) is 0.105. The van der Waals surface area contributed by atoms with Crippen molar-refractivity contribution in [1.29, 1.82) is 0 Å². The summed E-state index contributed by atoms with van der Waals surface area (Å²) in [4.78, 5) is 35.2. The number of rotatable bonds is 6. The Bertz CT molecular complexity index is 992. The lowest BCUT2D eigenvalue weighted by atomic mass is 10.2. The van der Waals surface area contributed by atoms with Gasteiger partial charge in [0.05, 0.1) is 4.47 Å². The molecule has 9 heteroatoms. The first-order chi connectivity index (χ1) is 13.3. The summed E-state index contributed by atoms with van der Waals surface area (Å²) in [6.07, 6.45) is 1.42. The Morgan fingerprint density at radius 3 is 2.68 bits per heavy atom. The van der Waals surface area contributed by atoms with Crippen LogP contribution < -0.4 is 10.1 Å². The predicted molar refractivity (Wildman–Crippen MR) is 101 cm³/mol. The Hall–Kier alpha value is -3.20. The van der Waals surface area contributed by atoms with Crippen LogP contribution in [0.3, 0.4) is 0 Å². The average molecular weight is 449 g/mol. The van der Waals surface area contributed by atoms with Crippen LogP contribution in [0.4, 0.5) is 9.18 Å². The van der Waals surface area contributed by atoms with Gasteiger partial charge in [-0.2, -0.15) is 0 Å². The molecule has 0 unspecified atom stereocenters. The first-order valence-corrected chi connectivity index (χ1v) is 8.86. The smallest absolute Gasteiger partial charge is 0.329 e. The maximum Gasteiger partial charge on any atom is 0.329 e. The van der Waals surface area contributed by atoms with E-state index in [9.17, 15) is 18.8 Å². The first kappa shape index (κ1) is 19.6. The highest BCUT2D eigenvalue weighted by Crippen LogP contribution is 2.28. The summed E-state index contributed by atoms with van der Waals surface area (Å²) in [7, 11) is 0. The molecule has 7 nitrogen and oxygen atoms in total. The topological polar surface area (TPSA) is 95.9 Å². The summed E-state index contributed by atoms with van der Waals surface area (Å²) in [5, 5.41) is 11.1. The second-order valence-electron chi connectivity index (χ2n) is 5.84. The second-order valence-corrected chi connectivity index (χ2v) is 6.70. The molecule has 0 saturated carbocycles. The number of carbonyl (C=O) groups is 3. The molecule has 0 atom stereocenters. The average Bonchev–Trinajstić information content (AvgIpc) is 2.89. The zero-order chi connectivity index (χ0) is 20.3. The van der Waals surface area contributed by atoms with Gasteiger partial charge in [0.2, 0.25) is 0 Å². The zero-order valence-electron chi connectivity index (χ0n) is 14.3. The summed E-state index contributed by atoms with van der Waals surface area (Å²) in [5.41, 5.74) is 0.961. The molecular weight excluding hydrogens is 435 g/mol. The maximum absolute atomic E-state index is 13.7. The number of amides is 3. The number of carboxylic acid groups (broad SMARTS) is 1. The van der Waals surface area contributed by atoms with Crippen molar-refractivity contribution in [3.63, 3.8) is 0 Å². The molecule has 1 aliphatic heterocycles. The molecular formula is C19H14BrFN2O5. The number of nitrogens with one attached hydrogen (secondary N) is 1. The quantitative estimate of drug-likeness (QED) is 0.522. The Morgan fingerprint density at radius 2 is 2.00 bits per heavy atom. The summed E-state index contributed by atoms with van der Waals surface area (Å²) >= 11 is 3.35. The van der Waals surface area contributed by atoms with Crippen molar-refractivity contribution < 1.29 is 28.6 Å². The van der Waals surface area contributed by atoms with E-state index in [0.29, 0.717) is 26.2 Å². The van der Waals surface area contributed by atoms with Gasteiger partial charge >= 0.3 is 12.0 Å². The Morgan fingerprint density at radius 1 is 1.25 bits per heavy atom. The van der Waals surface area contributed by atoms with E-state index in [1.54, 1.807) is 36.4 Å². The molecule has 144 valence electrons. The highest BCUT2D eigenvalue weighted by Gasteiger charge is 2.34. The molecule has 3 rings (SSSR count). The van der Waals surface area contributed by atoms with E-state index < -0.39 is 24.5 Å². The van der Waals surface area contributed by atoms with Crippen molar-refractivity contribution >= 4 is 39.9 Å². The van der Waals surface area contributed by atoms with Crippen molar-refractivity contribution in [1.82, 2.24) is 10.2 Å². The van der Waals surface area contributed by atoms with Crippen LogP contribution in [0.5, 0.6) is 5.75 Å². The molecule has 0 radical (unpaired) electrons. The maximum atomic E-state index is 13.7. The fourth-order valence-corrected chi connectivity index (χ4v) is 3.02. The summed E-state index contributed by atoms with van der Waals surface area (Å²) < 4.78 is 19.8. The molecule has 1 fully saturated rings. The van der Waals surface area contributed by atoms with Crippen molar-refractivity contribution in [2.24, 2.45) is 0 Å². The van der Waals surface area contributed by atoms with Gasteiger partial charge < -0.3 is 15.2 Å². The minimum atomic E-state index is -1.29. The van der Waals surface area contributed by atoms with Crippen molar-refractivity contribution in [3.05, 3.63) is 69.6 Å². The molecule has 0 aromatic heterocycles. The fourth-order valence-electron chi connectivity index (χ4n) is 2.51. The predicted octanol–water partition coefficient (Wildman–Crippen LogP) is 3.14. The van der Waals surface area contributed by atoms with Gasteiger partial charge in [-0.05, 0) is 45.8 Å². The Balaban J connectivity index is 1.73. The third-order valence-electron chi connectivity index (χ3n) is 3.86. The van der Waals surface area contributed by atoms with Gasteiger partial charge in [-0.1, -0.05) is 24.3 Å². The lowest BCUT2D eigenvalue weighted by Crippen LogP contribution is -2.35. The van der Waals surface area contributed by atoms with Gasteiger partial charge in [-0.25, -0.2) is 14.1 Å². The summed E-state index contributed by atoms with van der Waals surface area (Å²) in [6, 6.07) is 10.4. The van der Waals surface area contributed by atoms with Gasteiger partial charge in [0, 0.05) is 5.56 Å². The largest absolute Gasteiger partial charge is 0.488 e. The lowest BCUT2D eigenvalue weighted by molar-refractivity contribution is -0.140. The normalized spacial score (nSPS) is 15.1. The highest BCUT2D eigenvalue weighted by molar-refractivity contribution is 9.10. The molecule has 28 heavy (non-hydrogen) atoms. The third kappa shape index (κ3) is 4.37. The monoisotopic (exact) mass is 448 g/mol. The Labute approximate surface area is 167 Å². The number of hydrogen-bond acceptors (Lipinski definition) is 4. The SMILES string of the molecule is O=C(O)CN1C(=O)N/C(=C/c2ccc(OCc3ccccc3F)c(Br)c2)C1=O. The zero-order valence-corrected chi connectivity index (χ0v) is 15.9. The number of ether oxygens (including phenoxy) is 1. The van der Waals surface area contributed by atoms with Crippen LogP contribution in [-0.4, -0.2) is 34.5 Å². The van der Waals surface area contributed by atoms with Gasteiger partial charge in [-0.15, -0.1) is 0 Å². The van der Waals surface area contributed by atoms with Crippen molar-refractivity contribution in [2.45, 2.75) is 6.61 Å². The van der Waals surface area contributed by atoms with Crippen LogP contribution in [0.25, 0.3) is 6.08 Å². The number of hydrogen-bond donors (Lipinski definition) is 2. The minimum Gasteiger partial charge on any atom is -0.488 e. The molecule has 2 N–H and O–H groups in total. The van der Waals surface area contributed by atoms with Crippen LogP contribution in [-0.2, 0) is 16.2 Å². The number of carboxylic acids is 1. The molecule has 0 aliphatic carbocycles. The molecule has 1 saturated heterocycles. The Kier molecular flexibility index (Phi) is 5.74. The first-order valence-electron chi connectivity index (χ1n) is 8.07. The minimum absolute atomic E-state index is 0.0295. The summed E-state index contributed by atoms with van der Waals surface area (Å²) in [6.45, 7) is -0.668. The lowest BCUT2D eigenvalue weighted by Gasteiger charge is -2.10. The van der Waals surface area contributed by atoms with Crippen molar-refractivity contribution in [3.8, 4) is 5.75 Å². The van der Waals surface area contributed by atoms with E-state index in [2.05, 4.69) is 21.2 Å². The molecule has 0 spiro atoms. The summed E-state index contributed by atoms with van der Waals surface area (Å²) in [5.74, 6) is -1.90. The molecule has 0 bridgehead atoms. The van der Waals surface area contributed by atoms with Gasteiger partial charge in [0.25, 0.3) is 5.91 Å². The van der Waals surface area contributed by atoms with Crippen LogP contribution in [0.1, 0.15) is 11.1 Å². The molecule has 1 heterocycles. The molecule has 1 aliphatic rings. The number of benzene rings is 2. The van der Waals surface area contributed by atoms with E-state index in [1.807, 2.05) is 0 Å². The second kappa shape index (κ2) is 8.22. The number of urea groups is 1. The van der Waals surface area contributed by atoms with Crippen LogP contribution in [0, 0.1) is 5.82 Å². The molecule has 3 amide bonds. The van der Waals surface area contributed by atoms with E-state index >= 15 is 0 Å². The van der Waals surface area contributed by atoms with Crippen LogP contribution in [0.2, 0.25) is 0 Å². The standard InChI is InChI=1S/C19H14BrFN2O5/c20-13-7-11(8-15-18(26)23(9-17(24)25)19(27)22-15)5-6-16(13)28-10-12-3-1-2-4-14(12)21/h1-8H,9-10H2,(H,22,27)(H,24,25)/b15-8+.